The van der Waals surface area contributed by atoms with Gasteiger partial charge < -0.3 is 10.1 Å². The summed E-state index contributed by atoms with van der Waals surface area (Å²) in [6.07, 6.45) is 2.06. The highest BCUT2D eigenvalue weighted by molar-refractivity contribution is 7.99. The van der Waals surface area contributed by atoms with Crippen LogP contribution in [0.4, 0.5) is 11.4 Å². The third-order valence-electron chi connectivity index (χ3n) is 3.36. The molecule has 2 aromatic rings. The molecule has 24 heavy (non-hydrogen) atoms. The highest BCUT2D eigenvalue weighted by Gasteiger charge is 2.28. The molecular formula is C13H14N6O4S. The van der Waals surface area contributed by atoms with Crippen LogP contribution in [0.15, 0.2) is 23.4 Å². The number of hydrogen-bond acceptors (Lipinski definition) is 8. The number of thioether (sulfide) groups is 1. The number of ether oxygens (including phenoxy) is 1. The SMILES string of the molecule is COc1ccc(NC(=O)CSc2nnnn2C2CC2)c([N+](=O)[O-])c1. The van der Waals surface area contributed by atoms with Crippen molar-refractivity contribution in [2.75, 3.05) is 18.2 Å². The molecular weight excluding hydrogens is 336 g/mol. The summed E-state index contributed by atoms with van der Waals surface area (Å²) in [4.78, 5) is 22.6. The highest BCUT2D eigenvalue weighted by atomic mass is 32.2. The lowest BCUT2D eigenvalue weighted by atomic mass is 10.2. The maximum atomic E-state index is 12.1. The van der Waals surface area contributed by atoms with E-state index in [2.05, 4.69) is 20.8 Å². The second-order valence-electron chi connectivity index (χ2n) is 5.11. The molecule has 10 nitrogen and oxygen atoms in total. The zero-order valence-corrected chi connectivity index (χ0v) is 13.5. The Balaban J connectivity index is 1.64. The Morgan fingerprint density at radius 1 is 1.54 bits per heavy atom. The van der Waals surface area contributed by atoms with Crippen LogP contribution in [0.5, 0.6) is 5.75 Å². The van der Waals surface area contributed by atoms with Gasteiger partial charge in [0.25, 0.3) is 5.69 Å². The van der Waals surface area contributed by atoms with Crippen molar-refractivity contribution in [1.29, 1.82) is 0 Å². The van der Waals surface area contributed by atoms with E-state index < -0.39 is 4.92 Å². The van der Waals surface area contributed by atoms with Crippen LogP contribution in [0.1, 0.15) is 18.9 Å². The molecule has 11 heteroatoms. The van der Waals surface area contributed by atoms with Crippen LogP contribution in [0, 0.1) is 10.1 Å². The molecule has 0 radical (unpaired) electrons. The van der Waals surface area contributed by atoms with Crippen LogP contribution in [0.25, 0.3) is 0 Å². The molecule has 3 rings (SSSR count). The Labute approximate surface area is 140 Å². The summed E-state index contributed by atoms with van der Waals surface area (Å²) in [5, 5.41) is 25.6. The molecule has 0 spiro atoms. The summed E-state index contributed by atoms with van der Waals surface area (Å²) in [5.74, 6) is 0.0207. The Hall–Kier alpha value is -2.69. The van der Waals surface area contributed by atoms with Gasteiger partial charge in [-0.2, -0.15) is 0 Å². The Kier molecular flexibility index (Phi) is 4.60. The maximum Gasteiger partial charge on any atom is 0.296 e. The van der Waals surface area contributed by atoms with E-state index >= 15 is 0 Å². The zero-order chi connectivity index (χ0) is 17.1. The molecule has 1 aromatic carbocycles. The van der Waals surface area contributed by atoms with E-state index in [1.54, 1.807) is 10.7 Å². The third-order valence-corrected chi connectivity index (χ3v) is 4.30. The molecule has 1 heterocycles. The molecule has 0 aliphatic heterocycles. The number of nitrogens with zero attached hydrogens (tertiary/aromatic N) is 5. The summed E-state index contributed by atoms with van der Waals surface area (Å²) in [6.45, 7) is 0. The van der Waals surface area contributed by atoms with Crippen LogP contribution in [0.2, 0.25) is 0 Å². The molecule has 1 N–H and O–H groups in total. The molecule has 1 aliphatic rings. The Bertz CT molecular complexity index is 776. The fourth-order valence-electron chi connectivity index (χ4n) is 2.04. The average Bonchev–Trinajstić information content (AvgIpc) is 3.31. The lowest BCUT2D eigenvalue weighted by molar-refractivity contribution is -0.384. The van der Waals surface area contributed by atoms with Crippen molar-refractivity contribution in [3.8, 4) is 5.75 Å². The van der Waals surface area contributed by atoms with Gasteiger partial charge in [0, 0.05) is 0 Å². The van der Waals surface area contributed by atoms with E-state index in [-0.39, 0.29) is 23.0 Å². The molecule has 1 fully saturated rings. The molecule has 0 atom stereocenters. The summed E-state index contributed by atoms with van der Waals surface area (Å²) in [6, 6.07) is 4.56. The fraction of sp³-hybridized carbons (Fsp3) is 0.385. The first-order valence-electron chi connectivity index (χ1n) is 7.11. The maximum absolute atomic E-state index is 12.1. The van der Waals surface area contributed by atoms with Gasteiger partial charge in [-0.25, -0.2) is 4.68 Å². The van der Waals surface area contributed by atoms with Crippen molar-refractivity contribution < 1.29 is 14.5 Å². The monoisotopic (exact) mass is 350 g/mol. The molecule has 1 amide bonds. The quantitative estimate of drug-likeness (QED) is 0.454. The second-order valence-corrected chi connectivity index (χ2v) is 6.06. The summed E-state index contributed by atoms with van der Waals surface area (Å²) >= 11 is 1.19. The van der Waals surface area contributed by atoms with E-state index in [0.717, 1.165) is 12.8 Å². The number of methoxy groups -OCH3 is 1. The van der Waals surface area contributed by atoms with Crippen LogP contribution in [-0.2, 0) is 4.79 Å². The van der Waals surface area contributed by atoms with E-state index in [4.69, 9.17) is 4.74 Å². The van der Waals surface area contributed by atoms with Gasteiger partial charge in [-0.05, 0) is 35.4 Å². The van der Waals surface area contributed by atoms with Crippen LogP contribution in [-0.4, -0.2) is 43.9 Å². The number of anilines is 1. The van der Waals surface area contributed by atoms with Gasteiger partial charge in [-0.15, -0.1) is 5.10 Å². The van der Waals surface area contributed by atoms with Crippen molar-refractivity contribution in [1.82, 2.24) is 20.2 Å². The van der Waals surface area contributed by atoms with Gasteiger partial charge in [0.15, 0.2) is 0 Å². The molecule has 126 valence electrons. The average molecular weight is 350 g/mol. The number of nitro benzene ring substituents is 1. The largest absolute Gasteiger partial charge is 0.496 e. The lowest BCUT2D eigenvalue weighted by Gasteiger charge is -2.07. The second kappa shape index (κ2) is 6.83. The van der Waals surface area contributed by atoms with Crippen molar-refractivity contribution in [3.63, 3.8) is 0 Å². The minimum absolute atomic E-state index is 0.0519. The van der Waals surface area contributed by atoms with Gasteiger partial charge >= 0.3 is 0 Å². The van der Waals surface area contributed by atoms with Gasteiger partial charge in [0.2, 0.25) is 11.1 Å². The molecule has 1 saturated carbocycles. The Morgan fingerprint density at radius 2 is 2.33 bits per heavy atom. The van der Waals surface area contributed by atoms with Crippen LogP contribution in [0.3, 0.4) is 0 Å². The van der Waals surface area contributed by atoms with E-state index in [0.29, 0.717) is 16.9 Å². The number of tetrazole rings is 1. The molecule has 0 unspecified atom stereocenters. The van der Waals surface area contributed by atoms with Gasteiger partial charge in [0.05, 0.1) is 29.9 Å². The van der Waals surface area contributed by atoms with Crippen LogP contribution < -0.4 is 10.1 Å². The standard InChI is InChI=1S/C13H14N6O4S/c1-23-9-4-5-10(11(6-9)19(21)22)14-12(20)7-24-13-15-16-17-18(13)8-2-3-8/h4-6,8H,2-3,7H2,1H3,(H,14,20). The fourth-order valence-corrected chi connectivity index (χ4v) is 2.78. The van der Waals surface area contributed by atoms with E-state index in [1.165, 1.54) is 31.0 Å². The number of benzene rings is 1. The number of carbonyl (C=O) groups is 1. The van der Waals surface area contributed by atoms with Crippen molar-refractivity contribution in [2.45, 2.75) is 24.0 Å². The number of nitro groups is 1. The predicted octanol–water partition coefficient (Wildman–Crippen LogP) is 1.66. The highest BCUT2D eigenvalue weighted by Crippen LogP contribution is 2.36. The number of hydrogen-bond donors (Lipinski definition) is 1. The smallest absolute Gasteiger partial charge is 0.296 e. The van der Waals surface area contributed by atoms with Crippen molar-refractivity contribution in [2.24, 2.45) is 0 Å². The van der Waals surface area contributed by atoms with Crippen molar-refractivity contribution in [3.05, 3.63) is 28.3 Å². The molecule has 0 bridgehead atoms. The number of amides is 1. The lowest BCUT2D eigenvalue weighted by Crippen LogP contribution is -2.15. The molecule has 1 aromatic heterocycles. The molecule has 1 aliphatic carbocycles. The van der Waals surface area contributed by atoms with Gasteiger partial charge in [0.1, 0.15) is 11.4 Å². The first-order chi connectivity index (χ1) is 11.6. The minimum atomic E-state index is -0.571. The van der Waals surface area contributed by atoms with Gasteiger partial charge in [-0.3, -0.25) is 14.9 Å². The van der Waals surface area contributed by atoms with Crippen LogP contribution >= 0.6 is 11.8 Å². The first kappa shape index (κ1) is 16.2. The topological polar surface area (TPSA) is 125 Å². The summed E-state index contributed by atoms with van der Waals surface area (Å²) in [7, 11) is 1.41. The number of nitrogens with one attached hydrogen (secondary N) is 1. The number of aromatic nitrogens is 4. The molecule has 0 saturated heterocycles. The first-order valence-corrected chi connectivity index (χ1v) is 8.10. The summed E-state index contributed by atoms with van der Waals surface area (Å²) < 4.78 is 6.66. The minimum Gasteiger partial charge on any atom is -0.496 e. The normalized spacial score (nSPS) is 13.5. The van der Waals surface area contributed by atoms with E-state index in [1.807, 2.05) is 0 Å². The van der Waals surface area contributed by atoms with Crippen molar-refractivity contribution >= 4 is 29.0 Å². The van der Waals surface area contributed by atoms with Gasteiger partial charge in [-0.1, -0.05) is 11.8 Å². The van der Waals surface area contributed by atoms with E-state index in [9.17, 15) is 14.9 Å². The number of carbonyl (C=O) groups excluding carboxylic acids is 1. The third kappa shape index (κ3) is 3.62. The predicted molar refractivity (Wildman–Crippen MR) is 85.1 cm³/mol. The number of rotatable bonds is 7. The Morgan fingerprint density at radius 3 is 3.00 bits per heavy atom. The zero-order valence-electron chi connectivity index (χ0n) is 12.7. The summed E-state index contributed by atoms with van der Waals surface area (Å²) in [5.41, 5.74) is -0.108.